The predicted octanol–water partition coefficient (Wildman–Crippen LogP) is 6.08. The van der Waals surface area contributed by atoms with E-state index in [2.05, 4.69) is 42.4 Å². The van der Waals surface area contributed by atoms with E-state index in [-0.39, 0.29) is 5.69 Å². The molecule has 0 saturated carbocycles. The first kappa shape index (κ1) is 18.8. The fourth-order valence-electron chi connectivity index (χ4n) is 1.88. The lowest BCUT2D eigenvalue weighted by atomic mass is 10.2. The van der Waals surface area contributed by atoms with Crippen LogP contribution >= 0.6 is 31.9 Å². The molecule has 3 nitrogen and oxygen atoms in total. The van der Waals surface area contributed by atoms with E-state index in [9.17, 15) is 13.2 Å². The van der Waals surface area contributed by atoms with Gasteiger partial charge < -0.3 is 4.74 Å². The zero-order valence-electron chi connectivity index (χ0n) is 12.5. The van der Waals surface area contributed by atoms with Gasteiger partial charge in [-0.2, -0.15) is 18.3 Å². The third-order valence-corrected chi connectivity index (χ3v) is 4.08. The lowest BCUT2D eigenvalue weighted by Crippen LogP contribution is -2.05. The minimum Gasteiger partial charge on any atom is -0.492 e. The highest BCUT2D eigenvalue weighted by molar-refractivity contribution is 9.11. The van der Waals surface area contributed by atoms with Crippen LogP contribution in [0.15, 0.2) is 50.4 Å². The van der Waals surface area contributed by atoms with Crippen LogP contribution in [0.25, 0.3) is 0 Å². The van der Waals surface area contributed by atoms with Crippen molar-refractivity contribution in [3.05, 3.63) is 56.5 Å². The number of benzene rings is 2. The molecule has 24 heavy (non-hydrogen) atoms. The first-order valence-corrected chi connectivity index (χ1v) is 8.48. The maximum atomic E-state index is 12.7. The van der Waals surface area contributed by atoms with E-state index >= 15 is 0 Å². The minimum atomic E-state index is -4.38. The normalized spacial score (nSPS) is 11.8. The van der Waals surface area contributed by atoms with Gasteiger partial charge in [-0.1, -0.05) is 6.07 Å². The monoisotopic (exact) mass is 464 g/mol. The second-order valence-corrected chi connectivity index (χ2v) is 6.40. The Hall–Kier alpha value is -1.54. The average Bonchev–Trinajstić information content (AvgIpc) is 2.50. The summed E-state index contributed by atoms with van der Waals surface area (Å²) in [6.07, 6.45) is -2.88. The number of nitrogens with one attached hydrogen (secondary N) is 1. The van der Waals surface area contributed by atoms with Crippen LogP contribution in [0, 0.1) is 0 Å². The standard InChI is InChI=1S/C16H13Br2F3N2O/c1-2-24-15-13(17)6-10(7-14(15)18)9-22-23-12-5-3-4-11(8-12)16(19,20)21/h3-9,23H,2H2,1H3. The molecular formula is C16H13Br2F3N2O. The molecule has 0 radical (unpaired) electrons. The van der Waals surface area contributed by atoms with Crippen LogP contribution in [0.1, 0.15) is 18.1 Å². The van der Waals surface area contributed by atoms with E-state index in [4.69, 9.17) is 4.74 Å². The maximum absolute atomic E-state index is 12.7. The molecule has 0 fully saturated rings. The van der Waals surface area contributed by atoms with E-state index in [0.717, 1.165) is 26.6 Å². The average molecular weight is 466 g/mol. The molecule has 2 aromatic carbocycles. The quantitative estimate of drug-likeness (QED) is 0.429. The lowest BCUT2D eigenvalue weighted by molar-refractivity contribution is -0.137. The number of ether oxygens (including phenoxy) is 1. The summed E-state index contributed by atoms with van der Waals surface area (Å²) < 4.78 is 44.9. The Morgan fingerprint density at radius 3 is 2.42 bits per heavy atom. The van der Waals surface area contributed by atoms with Gasteiger partial charge in [0.2, 0.25) is 0 Å². The van der Waals surface area contributed by atoms with Crippen LogP contribution in [0.3, 0.4) is 0 Å². The van der Waals surface area contributed by atoms with Crippen molar-refractivity contribution in [2.75, 3.05) is 12.0 Å². The molecule has 0 aliphatic heterocycles. The van der Waals surface area contributed by atoms with Crippen LogP contribution in [0.4, 0.5) is 18.9 Å². The van der Waals surface area contributed by atoms with Gasteiger partial charge in [0.1, 0.15) is 5.75 Å². The zero-order valence-corrected chi connectivity index (χ0v) is 15.7. The number of hydrogen-bond donors (Lipinski definition) is 1. The molecule has 0 amide bonds. The summed E-state index contributed by atoms with van der Waals surface area (Å²) in [5.41, 5.74) is 2.87. The van der Waals surface area contributed by atoms with Gasteiger partial charge in [0.25, 0.3) is 0 Å². The fourth-order valence-corrected chi connectivity index (χ4v) is 3.33. The van der Waals surface area contributed by atoms with Crippen molar-refractivity contribution >= 4 is 43.8 Å². The van der Waals surface area contributed by atoms with Gasteiger partial charge in [0, 0.05) is 0 Å². The van der Waals surface area contributed by atoms with Crippen LogP contribution in [0.2, 0.25) is 0 Å². The highest BCUT2D eigenvalue weighted by Crippen LogP contribution is 2.34. The van der Waals surface area contributed by atoms with Crippen LogP contribution in [-0.4, -0.2) is 12.8 Å². The van der Waals surface area contributed by atoms with Crippen LogP contribution in [-0.2, 0) is 6.18 Å². The largest absolute Gasteiger partial charge is 0.492 e. The Labute approximate surface area is 154 Å². The van der Waals surface area contributed by atoms with Gasteiger partial charge in [-0.3, -0.25) is 5.43 Å². The highest BCUT2D eigenvalue weighted by atomic mass is 79.9. The smallest absolute Gasteiger partial charge is 0.416 e. The van der Waals surface area contributed by atoms with Crippen molar-refractivity contribution in [2.24, 2.45) is 5.10 Å². The third kappa shape index (κ3) is 4.98. The summed E-state index contributed by atoms with van der Waals surface area (Å²) in [6.45, 7) is 2.41. The van der Waals surface area contributed by atoms with Crippen molar-refractivity contribution in [2.45, 2.75) is 13.1 Å². The van der Waals surface area contributed by atoms with Crippen molar-refractivity contribution in [1.82, 2.24) is 0 Å². The molecule has 0 unspecified atom stereocenters. The predicted molar refractivity (Wildman–Crippen MR) is 95.7 cm³/mol. The number of hydrazone groups is 1. The molecule has 0 heterocycles. The molecule has 2 rings (SSSR count). The summed E-state index contributed by atoms with van der Waals surface area (Å²) in [6, 6.07) is 8.44. The van der Waals surface area contributed by atoms with Gasteiger partial charge in [0.05, 0.1) is 33.0 Å². The molecule has 0 aliphatic rings. The molecule has 0 saturated heterocycles. The summed E-state index contributed by atoms with van der Waals surface area (Å²) in [4.78, 5) is 0. The van der Waals surface area contributed by atoms with Gasteiger partial charge in [-0.05, 0) is 74.7 Å². The molecule has 0 aromatic heterocycles. The molecule has 8 heteroatoms. The summed E-state index contributed by atoms with van der Waals surface area (Å²) >= 11 is 6.81. The molecule has 128 valence electrons. The number of halogens is 5. The Kier molecular flexibility index (Phi) is 6.28. The number of rotatable bonds is 5. The lowest BCUT2D eigenvalue weighted by Gasteiger charge is -2.09. The van der Waals surface area contributed by atoms with Crippen molar-refractivity contribution in [3.8, 4) is 5.75 Å². The van der Waals surface area contributed by atoms with Crippen molar-refractivity contribution in [1.29, 1.82) is 0 Å². The molecule has 0 bridgehead atoms. The second-order valence-electron chi connectivity index (χ2n) is 4.70. The minimum absolute atomic E-state index is 0.255. The molecule has 0 spiro atoms. The Morgan fingerprint density at radius 2 is 1.83 bits per heavy atom. The van der Waals surface area contributed by atoms with Gasteiger partial charge in [0.15, 0.2) is 0 Å². The first-order valence-electron chi connectivity index (χ1n) is 6.89. The van der Waals surface area contributed by atoms with Gasteiger partial charge >= 0.3 is 6.18 Å². The van der Waals surface area contributed by atoms with E-state index in [0.29, 0.717) is 12.4 Å². The Bertz CT molecular complexity index is 725. The Morgan fingerprint density at radius 1 is 1.17 bits per heavy atom. The van der Waals surface area contributed by atoms with E-state index in [1.165, 1.54) is 18.3 Å². The van der Waals surface area contributed by atoms with E-state index in [1.807, 2.05) is 6.92 Å². The molecule has 0 atom stereocenters. The third-order valence-electron chi connectivity index (χ3n) is 2.91. The number of hydrogen-bond acceptors (Lipinski definition) is 3. The Balaban J connectivity index is 2.12. The highest BCUT2D eigenvalue weighted by Gasteiger charge is 2.30. The zero-order chi connectivity index (χ0) is 17.7. The SMILES string of the molecule is CCOc1c(Br)cc(C=NNc2cccc(C(F)(F)F)c2)cc1Br. The number of anilines is 1. The second kappa shape index (κ2) is 8.02. The van der Waals surface area contributed by atoms with Crippen molar-refractivity contribution < 1.29 is 17.9 Å². The molecule has 1 N–H and O–H groups in total. The molecular weight excluding hydrogens is 453 g/mol. The first-order chi connectivity index (χ1) is 11.3. The van der Waals surface area contributed by atoms with Crippen LogP contribution < -0.4 is 10.2 Å². The topological polar surface area (TPSA) is 33.6 Å². The summed E-state index contributed by atoms with van der Waals surface area (Å²) in [5, 5.41) is 3.97. The van der Waals surface area contributed by atoms with E-state index < -0.39 is 11.7 Å². The van der Waals surface area contributed by atoms with Gasteiger partial charge in [-0.15, -0.1) is 0 Å². The summed E-state index contributed by atoms with van der Waals surface area (Å²) in [7, 11) is 0. The van der Waals surface area contributed by atoms with Crippen molar-refractivity contribution in [3.63, 3.8) is 0 Å². The van der Waals surface area contributed by atoms with Gasteiger partial charge in [-0.25, -0.2) is 0 Å². The molecule has 2 aromatic rings. The fraction of sp³-hybridized carbons (Fsp3) is 0.188. The number of nitrogens with zero attached hydrogens (tertiary/aromatic N) is 1. The van der Waals surface area contributed by atoms with E-state index in [1.54, 1.807) is 12.1 Å². The summed E-state index contributed by atoms with van der Waals surface area (Å²) in [5.74, 6) is 0.681. The molecule has 0 aliphatic carbocycles. The number of alkyl halides is 3. The van der Waals surface area contributed by atoms with Crippen LogP contribution in [0.5, 0.6) is 5.75 Å². The maximum Gasteiger partial charge on any atom is 0.416 e.